The van der Waals surface area contributed by atoms with Crippen molar-refractivity contribution in [1.82, 2.24) is 10.2 Å². The molecule has 0 aromatic carbocycles. The highest BCUT2D eigenvalue weighted by Crippen LogP contribution is 2.56. The van der Waals surface area contributed by atoms with E-state index in [0.29, 0.717) is 30.0 Å². The fraction of sp³-hybridized carbons (Fsp3) is 0.938. The van der Waals surface area contributed by atoms with Crippen molar-refractivity contribution in [2.75, 3.05) is 7.05 Å². The molecule has 0 radical (unpaired) electrons. The van der Waals surface area contributed by atoms with Gasteiger partial charge in [0.2, 0.25) is 5.91 Å². The Kier molecular flexibility index (Phi) is 2.87. The molecule has 4 aliphatic rings. The molecule has 4 fully saturated rings. The molecule has 3 heteroatoms. The van der Waals surface area contributed by atoms with Crippen molar-refractivity contribution in [3.8, 4) is 0 Å². The molecule has 2 heterocycles. The molecule has 4 rings (SSSR count). The number of carbonyl (C=O) groups excluding carboxylic acids is 1. The van der Waals surface area contributed by atoms with Crippen molar-refractivity contribution in [3.05, 3.63) is 0 Å². The monoisotopic (exact) mass is 262 g/mol. The van der Waals surface area contributed by atoms with Crippen molar-refractivity contribution in [3.63, 3.8) is 0 Å². The Morgan fingerprint density at radius 1 is 1.00 bits per heavy atom. The minimum Gasteiger partial charge on any atom is -0.342 e. The van der Waals surface area contributed by atoms with Crippen LogP contribution in [0, 0.1) is 17.8 Å². The molecule has 3 nitrogen and oxygen atoms in total. The number of nitrogens with one attached hydrogen (secondary N) is 1. The number of fused-ring (bicyclic) bond motifs is 3. The van der Waals surface area contributed by atoms with E-state index in [9.17, 15) is 4.79 Å². The molecule has 2 saturated carbocycles. The molecular weight excluding hydrogens is 236 g/mol. The Balaban J connectivity index is 1.40. The van der Waals surface area contributed by atoms with Crippen molar-refractivity contribution >= 4 is 5.91 Å². The van der Waals surface area contributed by atoms with Crippen molar-refractivity contribution in [2.45, 2.75) is 69.5 Å². The van der Waals surface area contributed by atoms with E-state index in [1.54, 1.807) is 0 Å². The first-order chi connectivity index (χ1) is 9.24. The molecule has 2 bridgehead atoms. The van der Waals surface area contributed by atoms with Crippen LogP contribution in [0.5, 0.6) is 0 Å². The minimum atomic E-state index is 0.403. The molecule has 106 valence electrons. The molecule has 4 atom stereocenters. The molecule has 2 aliphatic carbocycles. The van der Waals surface area contributed by atoms with E-state index in [2.05, 4.69) is 17.3 Å². The second kappa shape index (κ2) is 4.47. The molecule has 0 aromatic rings. The number of hydrogen-bond donors (Lipinski definition) is 1. The third kappa shape index (κ3) is 2.01. The molecule has 0 aromatic heterocycles. The summed E-state index contributed by atoms with van der Waals surface area (Å²) in [5.74, 6) is 2.38. The van der Waals surface area contributed by atoms with Crippen LogP contribution in [0.15, 0.2) is 0 Å². The smallest absolute Gasteiger partial charge is 0.226 e. The largest absolute Gasteiger partial charge is 0.342 e. The van der Waals surface area contributed by atoms with Crippen LogP contribution in [0.3, 0.4) is 0 Å². The molecule has 4 unspecified atom stereocenters. The summed E-state index contributed by atoms with van der Waals surface area (Å²) in [5.41, 5.74) is 0. The fourth-order valence-corrected chi connectivity index (χ4v) is 5.12. The summed E-state index contributed by atoms with van der Waals surface area (Å²) in [7, 11) is 2.07. The van der Waals surface area contributed by atoms with Gasteiger partial charge in [0.1, 0.15) is 0 Å². The second-order valence-electron chi connectivity index (χ2n) is 7.35. The average molecular weight is 262 g/mol. The summed E-state index contributed by atoms with van der Waals surface area (Å²) in [4.78, 5) is 14.8. The third-order valence-electron chi connectivity index (χ3n) is 6.29. The van der Waals surface area contributed by atoms with E-state index in [1.165, 1.54) is 51.4 Å². The zero-order chi connectivity index (χ0) is 13.0. The Bertz CT molecular complexity index is 359. The molecule has 2 saturated heterocycles. The number of nitrogens with zero attached hydrogens (tertiary/aromatic N) is 1. The van der Waals surface area contributed by atoms with E-state index >= 15 is 0 Å². The first kappa shape index (κ1) is 12.2. The second-order valence-corrected chi connectivity index (χ2v) is 7.35. The van der Waals surface area contributed by atoms with Gasteiger partial charge in [0.05, 0.1) is 0 Å². The van der Waals surface area contributed by atoms with Crippen LogP contribution < -0.4 is 5.32 Å². The SMILES string of the molecule is CN(C(=O)C1C2CCCCC21)C1CC2CCC(C1)N2. The van der Waals surface area contributed by atoms with Crippen LogP contribution in [-0.4, -0.2) is 36.0 Å². The lowest BCUT2D eigenvalue weighted by molar-refractivity contribution is -0.134. The van der Waals surface area contributed by atoms with Gasteiger partial charge in [-0.2, -0.15) is 0 Å². The summed E-state index contributed by atoms with van der Waals surface area (Å²) in [6.07, 6.45) is 10.3. The maximum Gasteiger partial charge on any atom is 0.226 e. The van der Waals surface area contributed by atoms with E-state index < -0.39 is 0 Å². The van der Waals surface area contributed by atoms with Crippen LogP contribution in [0.1, 0.15) is 51.4 Å². The molecule has 1 amide bonds. The lowest BCUT2D eigenvalue weighted by atomic mass is 9.98. The Hall–Kier alpha value is -0.570. The van der Waals surface area contributed by atoms with Gasteiger partial charge in [-0.05, 0) is 50.4 Å². The number of piperidine rings is 1. The predicted molar refractivity (Wildman–Crippen MR) is 74.7 cm³/mol. The summed E-state index contributed by atoms with van der Waals surface area (Å²) < 4.78 is 0. The maximum absolute atomic E-state index is 12.7. The van der Waals surface area contributed by atoms with Crippen LogP contribution in [0.25, 0.3) is 0 Å². The van der Waals surface area contributed by atoms with Crippen molar-refractivity contribution in [1.29, 1.82) is 0 Å². The Labute approximate surface area is 116 Å². The van der Waals surface area contributed by atoms with Gasteiger partial charge in [-0.1, -0.05) is 12.8 Å². The zero-order valence-corrected chi connectivity index (χ0v) is 12.0. The topological polar surface area (TPSA) is 32.3 Å². The standard InChI is InChI=1S/C16H26N2O/c1-18(12-8-10-6-7-11(9-12)17-10)16(19)15-13-4-2-3-5-14(13)15/h10-15,17H,2-9H2,1H3. The average Bonchev–Trinajstić information content (AvgIpc) is 3.08. The summed E-state index contributed by atoms with van der Waals surface area (Å²) in [6.45, 7) is 0. The van der Waals surface area contributed by atoms with Gasteiger partial charge in [-0.3, -0.25) is 4.79 Å². The predicted octanol–water partition coefficient (Wildman–Crippen LogP) is 2.16. The quantitative estimate of drug-likeness (QED) is 0.827. The van der Waals surface area contributed by atoms with Gasteiger partial charge in [-0.15, -0.1) is 0 Å². The number of hydrogen-bond acceptors (Lipinski definition) is 2. The number of rotatable bonds is 2. The minimum absolute atomic E-state index is 0.403. The molecule has 1 N–H and O–H groups in total. The van der Waals surface area contributed by atoms with Crippen LogP contribution in [-0.2, 0) is 4.79 Å². The van der Waals surface area contributed by atoms with Gasteiger partial charge in [0.25, 0.3) is 0 Å². The van der Waals surface area contributed by atoms with Crippen molar-refractivity contribution < 1.29 is 4.79 Å². The van der Waals surface area contributed by atoms with Gasteiger partial charge in [-0.25, -0.2) is 0 Å². The highest BCUT2D eigenvalue weighted by molar-refractivity contribution is 5.82. The number of amides is 1. The van der Waals surface area contributed by atoms with E-state index in [0.717, 1.165) is 11.8 Å². The van der Waals surface area contributed by atoms with E-state index in [4.69, 9.17) is 0 Å². The highest BCUT2D eigenvalue weighted by Gasteiger charge is 2.56. The van der Waals surface area contributed by atoms with Gasteiger partial charge in [0, 0.05) is 31.1 Å². The maximum atomic E-state index is 12.7. The normalized spacial score (nSPS) is 47.6. The summed E-state index contributed by atoms with van der Waals surface area (Å²) >= 11 is 0. The lowest BCUT2D eigenvalue weighted by Crippen LogP contribution is -2.49. The van der Waals surface area contributed by atoms with Crippen LogP contribution in [0.2, 0.25) is 0 Å². The van der Waals surface area contributed by atoms with Gasteiger partial charge >= 0.3 is 0 Å². The van der Waals surface area contributed by atoms with Crippen LogP contribution >= 0.6 is 0 Å². The molecule has 19 heavy (non-hydrogen) atoms. The van der Waals surface area contributed by atoms with Crippen LogP contribution in [0.4, 0.5) is 0 Å². The zero-order valence-electron chi connectivity index (χ0n) is 12.0. The highest BCUT2D eigenvalue weighted by atomic mass is 16.2. The fourth-order valence-electron chi connectivity index (χ4n) is 5.12. The van der Waals surface area contributed by atoms with E-state index in [1.807, 2.05) is 0 Å². The Morgan fingerprint density at radius 3 is 2.16 bits per heavy atom. The first-order valence-corrected chi connectivity index (χ1v) is 8.27. The third-order valence-corrected chi connectivity index (χ3v) is 6.29. The van der Waals surface area contributed by atoms with Gasteiger partial charge < -0.3 is 10.2 Å². The lowest BCUT2D eigenvalue weighted by Gasteiger charge is -2.35. The van der Waals surface area contributed by atoms with Gasteiger partial charge in [0.15, 0.2) is 0 Å². The van der Waals surface area contributed by atoms with Crippen molar-refractivity contribution in [2.24, 2.45) is 17.8 Å². The molecular formula is C16H26N2O. The molecule has 0 spiro atoms. The number of carbonyl (C=O) groups is 1. The Morgan fingerprint density at radius 2 is 1.58 bits per heavy atom. The molecule has 2 aliphatic heterocycles. The van der Waals surface area contributed by atoms with E-state index in [-0.39, 0.29) is 0 Å². The summed E-state index contributed by atoms with van der Waals surface area (Å²) in [6, 6.07) is 1.87. The first-order valence-electron chi connectivity index (χ1n) is 8.27. The summed E-state index contributed by atoms with van der Waals surface area (Å²) in [5, 5.41) is 3.67.